The molecule has 0 spiro atoms. The van der Waals surface area contributed by atoms with E-state index in [2.05, 4.69) is 22.0 Å². The largest absolute Gasteiger partial charge is 0.497 e. The fourth-order valence-electron chi connectivity index (χ4n) is 3.18. The van der Waals surface area contributed by atoms with Gasteiger partial charge >= 0.3 is 0 Å². The summed E-state index contributed by atoms with van der Waals surface area (Å²) in [5.41, 5.74) is 4.74. The summed E-state index contributed by atoms with van der Waals surface area (Å²) in [5, 5.41) is 3.96. The Morgan fingerprint density at radius 1 is 1.09 bits per heavy atom. The molecule has 5 nitrogen and oxygen atoms in total. The van der Waals surface area contributed by atoms with Crippen LogP contribution in [-0.2, 0) is 19.4 Å². The molecule has 0 radical (unpaired) electrons. The van der Waals surface area contributed by atoms with Crippen LogP contribution in [-0.4, -0.2) is 23.9 Å². The van der Waals surface area contributed by atoms with Gasteiger partial charge in [0.15, 0.2) is 5.76 Å². The van der Waals surface area contributed by atoms with E-state index in [9.17, 15) is 0 Å². The van der Waals surface area contributed by atoms with E-state index in [1.807, 2.05) is 24.4 Å². The summed E-state index contributed by atoms with van der Waals surface area (Å²) in [6.45, 7) is 0.725. The van der Waals surface area contributed by atoms with E-state index in [4.69, 9.17) is 14.0 Å². The summed E-state index contributed by atoms with van der Waals surface area (Å²) in [7, 11) is 3.33. The van der Waals surface area contributed by atoms with Crippen LogP contribution in [0.15, 0.2) is 41.2 Å². The van der Waals surface area contributed by atoms with Gasteiger partial charge in [-0.1, -0.05) is 5.16 Å². The average Bonchev–Trinajstić information content (AvgIpc) is 3.20. The van der Waals surface area contributed by atoms with Crippen LogP contribution in [0.25, 0.3) is 11.5 Å². The minimum absolute atomic E-state index is 0.725. The number of benzene rings is 1. The van der Waals surface area contributed by atoms with Gasteiger partial charge in [-0.2, -0.15) is 0 Å². The van der Waals surface area contributed by atoms with Gasteiger partial charge in [0.05, 0.1) is 26.1 Å². The van der Waals surface area contributed by atoms with E-state index in [-0.39, 0.29) is 0 Å². The Morgan fingerprint density at radius 2 is 1.83 bits per heavy atom. The second kappa shape index (κ2) is 5.50. The molecule has 118 valence electrons. The minimum atomic E-state index is 0.725. The van der Waals surface area contributed by atoms with Crippen molar-refractivity contribution in [3.63, 3.8) is 0 Å². The smallest absolute Gasteiger partial charge is 0.186 e. The van der Waals surface area contributed by atoms with E-state index in [1.54, 1.807) is 14.2 Å². The molecule has 2 heterocycles. The normalized spacial score (nSPS) is 12.6. The van der Waals surface area contributed by atoms with Gasteiger partial charge < -0.3 is 18.6 Å². The Balaban J connectivity index is 1.73. The number of aryl methyl sites for hydroxylation is 2. The van der Waals surface area contributed by atoms with Gasteiger partial charge in [-0.3, -0.25) is 0 Å². The number of fused-ring (bicyclic) bond motifs is 3. The summed E-state index contributed by atoms with van der Waals surface area (Å²) in [6.07, 6.45) is 5.94. The number of hydrogen-bond donors (Lipinski definition) is 0. The summed E-state index contributed by atoms with van der Waals surface area (Å²) >= 11 is 0. The first kappa shape index (κ1) is 13.9. The highest BCUT2D eigenvalue weighted by Crippen LogP contribution is 2.35. The summed E-state index contributed by atoms with van der Waals surface area (Å²) in [5.74, 6) is 2.48. The SMILES string of the molecule is COc1cc(Cn2ccc3c2-c2oncc2CC3)cc(OC)c1. The summed E-state index contributed by atoms with van der Waals surface area (Å²) in [6, 6.07) is 8.10. The molecule has 3 aromatic rings. The monoisotopic (exact) mass is 310 g/mol. The zero-order chi connectivity index (χ0) is 15.8. The third-order valence-corrected chi connectivity index (χ3v) is 4.33. The zero-order valence-electron chi connectivity index (χ0n) is 13.2. The molecule has 5 heteroatoms. The molecular formula is C18H18N2O3. The zero-order valence-corrected chi connectivity index (χ0v) is 13.2. The first-order valence-electron chi connectivity index (χ1n) is 7.62. The molecule has 0 N–H and O–H groups in total. The van der Waals surface area contributed by atoms with Crippen LogP contribution in [0.1, 0.15) is 16.7 Å². The molecule has 0 fully saturated rings. The van der Waals surface area contributed by atoms with Crippen LogP contribution in [0.4, 0.5) is 0 Å². The van der Waals surface area contributed by atoms with Crippen LogP contribution < -0.4 is 9.47 Å². The average molecular weight is 310 g/mol. The standard InChI is InChI=1S/C18H18N2O3/c1-21-15-7-12(8-16(9-15)22-2)11-20-6-5-13-3-4-14-10-19-23-18(14)17(13)20/h5-10H,3-4,11H2,1-2H3. The molecule has 0 atom stereocenters. The van der Waals surface area contributed by atoms with Crippen LogP contribution in [0.2, 0.25) is 0 Å². The van der Waals surface area contributed by atoms with Crippen molar-refractivity contribution in [1.29, 1.82) is 0 Å². The summed E-state index contributed by atoms with van der Waals surface area (Å²) in [4.78, 5) is 0. The maximum absolute atomic E-state index is 5.49. The molecule has 2 aromatic heterocycles. The Hall–Kier alpha value is -2.69. The lowest BCUT2D eigenvalue weighted by molar-refractivity contribution is 0.393. The Labute approximate surface area is 134 Å². The fraction of sp³-hybridized carbons (Fsp3) is 0.278. The Morgan fingerprint density at radius 3 is 2.57 bits per heavy atom. The van der Waals surface area contributed by atoms with Crippen molar-refractivity contribution < 1.29 is 14.0 Å². The first-order chi connectivity index (χ1) is 11.3. The number of hydrogen-bond acceptors (Lipinski definition) is 4. The lowest BCUT2D eigenvalue weighted by Gasteiger charge is -2.15. The molecule has 1 aromatic carbocycles. The topological polar surface area (TPSA) is 49.4 Å². The number of aromatic nitrogens is 2. The second-order valence-electron chi connectivity index (χ2n) is 5.72. The lowest BCUT2D eigenvalue weighted by atomic mass is 9.97. The molecule has 1 aliphatic rings. The highest BCUT2D eigenvalue weighted by Gasteiger charge is 2.23. The van der Waals surface area contributed by atoms with E-state index >= 15 is 0 Å². The quantitative estimate of drug-likeness (QED) is 0.742. The third kappa shape index (κ3) is 2.38. The van der Waals surface area contributed by atoms with Crippen molar-refractivity contribution in [3.8, 4) is 23.0 Å². The van der Waals surface area contributed by atoms with Crippen molar-refractivity contribution in [2.45, 2.75) is 19.4 Å². The number of methoxy groups -OCH3 is 2. The van der Waals surface area contributed by atoms with Gasteiger partial charge in [-0.15, -0.1) is 0 Å². The van der Waals surface area contributed by atoms with Crippen molar-refractivity contribution in [1.82, 2.24) is 9.72 Å². The van der Waals surface area contributed by atoms with Crippen LogP contribution in [0.5, 0.6) is 11.5 Å². The molecule has 0 unspecified atom stereocenters. The van der Waals surface area contributed by atoms with E-state index in [1.165, 1.54) is 11.1 Å². The van der Waals surface area contributed by atoms with Crippen molar-refractivity contribution in [2.75, 3.05) is 14.2 Å². The predicted octanol–water partition coefficient (Wildman–Crippen LogP) is 3.31. The molecule has 0 saturated heterocycles. The molecule has 0 amide bonds. The molecular weight excluding hydrogens is 292 g/mol. The van der Waals surface area contributed by atoms with Crippen LogP contribution in [0, 0.1) is 0 Å². The molecule has 0 saturated carbocycles. The molecule has 4 rings (SSSR count). The Kier molecular flexibility index (Phi) is 3.33. The minimum Gasteiger partial charge on any atom is -0.497 e. The van der Waals surface area contributed by atoms with Crippen LogP contribution >= 0.6 is 0 Å². The maximum Gasteiger partial charge on any atom is 0.186 e. The van der Waals surface area contributed by atoms with Gasteiger partial charge in [0.25, 0.3) is 0 Å². The number of rotatable bonds is 4. The number of ether oxygens (including phenoxy) is 2. The van der Waals surface area contributed by atoms with Crippen molar-refractivity contribution >= 4 is 0 Å². The van der Waals surface area contributed by atoms with Crippen molar-refractivity contribution in [2.24, 2.45) is 0 Å². The molecule has 0 aliphatic heterocycles. The maximum atomic E-state index is 5.49. The predicted molar refractivity (Wildman–Crippen MR) is 86.0 cm³/mol. The molecule has 1 aliphatic carbocycles. The molecule has 23 heavy (non-hydrogen) atoms. The van der Waals surface area contributed by atoms with Crippen molar-refractivity contribution in [3.05, 3.63) is 53.3 Å². The fourth-order valence-corrected chi connectivity index (χ4v) is 3.18. The highest BCUT2D eigenvalue weighted by molar-refractivity contribution is 5.65. The second-order valence-corrected chi connectivity index (χ2v) is 5.72. The lowest BCUT2D eigenvalue weighted by Crippen LogP contribution is -2.06. The summed E-state index contributed by atoms with van der Waals surface area (Å²) < 4.78 is 18.4. The molecule has 0 bridgehead atoms. The van der Waals surface area contributed by atoms with Gasteiger partial charge in [0.2, 0.25) is 0 Å². The van der Waals surface area contributed by atoms with Crippen LogP contribution in [0.3, 0.4) is 0 Å². The van der Waals surface area contributed by atoms with Gasteiger partial charge in [-0.05, 0) is 42.2 Å². The van der Waals surface area contributed by atoms with E-state index < -0.39 is 0 Å². The van der Waals surface area contributed by atoms with Gasteiger partial charge in [-0.25, -0.2) is 0 Å². The first-order valence-corrected chi connectivity index (χ1v) is 7.62. The van der Waals surface area contributed by atoms with Gasteiger partial charge in [0.1, 0.15) is 11.5 Å². The van der Waals surface area contributed by atoms with Gasteiger partial charge in [0, 0.05) is 24.4 Å². The highest BCUT2D eigenvalue weighted by atomic mass is 16.5. The van der Waals surface area contributed by atoms with E-state index in [0.717, 1.165) is 47.9 Å². The number of nitrogens with zero attached hydrogens (tertiary/aromatic N) is 2. The van der Waals surface area contributed by atoms with E-state index in [0.29, 0.717) is 0 Å². The Bertz CT molecular complexity index is 826. The third-order valence-electron chi connectivity index (χ3n) is 4.33.